The van der Waals surface area contributed by atoms with Crippen LogP contribution in [0.25, 0.3) is 0 Å². The number of halogens is 1. The van der Waals surface area contributed by atoms with E-state index >= 15 is 0 Å². The molecule has 0 spiro atoms. The van der Waals surface area contributed by atoms with Gasteiger partial charge in [-0.25, -0.2) is 8.42 Å². The predicted molar refractivity (Wildman–Crippen MR) is 147 cm³/mol. The maximum atomic E-state index is 13.8. The molecule has 0 saturated carbocycles. The molecule has 3 rings (SSSR count). The van der Waals surface area contributed by atoms with Gasteiger partial charge >= 0.3 is 0 Å². The molecule has 0 bridgehead atoms. The van der Waals surface area contributed by atoms with E-state index in [1.165, 1.54) is 17.0 Å². The largest absolute Gasteiger partial charge is 0.355 e. The molecule has 196 valence electrons. The van der Waals surface area contributed by atoms with E-state index in [-0.39, 0.29) is 17.3 Å². The summed E-state index contributed by atoms with van der Waals surface area (Å²) in [6, 6.07) is 19.5. The van der Waals surface area contributed by atoms with E-state index in [1.54, 1.807) is 50.2 Å². The molecular weight excluding hydrogens is 510 g/mol. The maximum absolute atomic E-state index is 13.8. The summed E-state index contributed by atoms with van der Waals surface area (Å²) in [5.41, 5.74) is 3.03. The molecule has 37 heavy (non-hydrogen) atoms. The topological polar surface area (TPSA) is 86.8 Å². The quantitative estimate of drug-likeness (QED) is 0.403. The third kappa shape index (κ3) is 6.90. The van der Waals surface area contributed by atoms with Gasteiger partial charge in [-0.1, -0.05) is 53.6 Å². The van der Waals surface area contributed by atoms with Gasteiger partial charge in [0.1, 0.15) is 12.6 Å². The maximum Gasteiger partial charge on any atom is 0.264 e. The van der Waals surface area contributed by atoms with Gasteiger partial charge < -0.3 is 10.2 Å². The Kier molecular flexibility index (Phi) is 9.34. The zero-order chi connectivity index (χ0) is 27.2. The van der Waals surface area contributed by atoms with E-state index in [2.05, 4.69) is 5.32 Å². The molecule has 0 unspecified atom stereocenters. The van der Waals surface area contributed by atoms with Crippen LogP contribution in [0, 0.1) is 13.8 Å². The molecule has 3 aromatic rings. The number of anilines is 1. The third-order valence-electron chi connectivity index (χ3n) is 6.12. The van der Waals surface area contributed by atoms with E-state index in [0.717, 1.165) is 21.0 Å². The van der Waals surface area contributed by atoms with Gasteiger partial charge in [0, 0.05) is 18.1 Å². The van der Waals surface area contributed by atoms with Crippen LogP contribution in [0.3, 0.4) is 0 Å². The Hall–Kier alpha value is -3.36. The zero-order valence-corrected chi connectivity index (χ0v) is 23.0. The van der Waals surface area contributed by atoms with Crippen molar-refractivity contribution in [3.63, 3.8) is 0 Å². The van der Waals surface area contributed by atoms with E-state index in [0.29, 0.717) is 17.3 Å². The van der Waals surface area contributed by atoms with Crippen molar-refractivity contribution >= 4 is 39.1 Å². The summed E-state index contributed by atoms with van der Waals surface area (Å²) in [6.45, 7) is 7.31. The van der Waals surface area contributed by atoms with Crippen molar-refractivity contribution in [3.8, 4) is 0 Å². The summed E-state index contributed by atoms with van der Waals surface area (Å²) < 4.78 is 28.6. The van der Waals surface area contributed by atoms with E-state index in [9.17, 15) is 18.0 Å². The number of carbonyl (C=O) groups excluding carboxylic acids is 2. The Morgan fingerprint density at radius 3 is 2.16 bits per heavy atom. The summed E-state index contributed by atoms with van der Waals surface area (Å²) in [4.78, 5) is 28.0. The fourth-order valence-corrected chi connectivity index (χ4v) is 5.39. The first-order valence-electron chi connectivity index (χ1n) is 12.0. The number of carbonyl (C=O) groups is 2. The molecule has 0 fully saturated rings. The Morgan fingerprint density at radius 2 is 1.57 bits per heavy atom. The van der Waals surface area contributed by atoms with Crippen molar-refractivity contribution in [3.05, 3.63) is 94.5 Å². The van der Waals surface area contributed by atoms with E-state index in [1.807, 2.05) is 38.1 Å². The lowest BCUT2D eigenvalue weighted by Gasteiger charge is -2.32. The molecule has 0 radical (unpaired) electrons. The molecule has 2 amide bonds. The summed E-state index contributed by atoms with van der Waals surface area (Å²) in [5, 5.41) is 3.19. The van der Waals surface area contributed by atoms with Crippen LogP contribution in [0.15, 0.2) is 77.7 Å². The second-order valence-corrected chi connectivity index (χ2v) is 11.1. The third-order valence-corrected chi connectivity index (χ3v) is 8.16. The van der Waals surface area contributed by atoms with Gasteiger partial charge in [-0.3, -0.25) is 13.9 Å². The number of likely N-dealkylation sites (N-methyl/N-ethyl adjacent to an activating group) is 1. The highest BCUT2D eigenvalue weighted by molar-refractivity contribution is 7.92. The van der Waals surface area contributed by atoms with Crippen molar-refractivity contribution in [2.45, 2.75) is 45.2 Å². The van der Waals surface area contributed by atoms with Gasteiger partial charge in [0.05, 0.1) is 10.6 Å². The van der Waals surface area contributed by atoms with Gasteiger partial charge in [-0.15, -0.1) is 0 Å². The molecule has 0 aliphatic heterocycles. The van der Waals surface area contributed by atoms with E-state index < -0.39 is 28.5 Å². The first-order chi connectivity index (χ1) is 17.5. The van der Waals surface area contributed by atoms with Crippen LogP contribution in [-0.2, 0) is 26.2 Å². The number of nitrogens with zero attached hydrogens (tertiary/aromatic N) is 2. The monoisotopic (exact) mass is 541 g/mol. The normalized spacial score (nSPS) is 12.0. The van der Waals surface area contributed by atoms with Crippen molar-refractivity contribution in [2.75, 3.05) is 17.4 Å². The minimum Gasteiger partial charge on any atom is -0.355 e. The summed E-state index contributed by atoms with van der Waals surface area (Å²) in [7, 11) is -4.11. The molecule has 0 saturated heterocycles. The van der Waals surface area contributed by atoms with Crippen LogP contribution in [0.2, 0.25) is 5.02 Å². The van der Waals surface area contributed by atoms with Gasteiger partial charge in [0.2, 0.25) is 11.8 Å². The molecule has 3 aromatic carbocycles. The van der Waals surface area contributed by atoms with Crippen molar-refractivity contribution in [1.29, 1.82) is 0 Å². The molecule has 0 aliphatic rings. The number of hydrogen-bond acceptors (Lipinski definition) is 4. The number of benzene rings is 3. The molecule has 0 aromatic heterocycles. The minimum absolute atomic E-state index is 0.0584. The number of amides is 2. The standard InChI is InChI=1S/C28H32ClN3O4S/c1-5-30-28(34)22(4)31(18-23-9-7-6-8-21(23)3)27(33)19-32(25-14-12-24(29)13-15-25)37(35,36)26-16-10-20(2)11-17-26/h6-17,22H,5,18-19H2,1-4H3,(H,30,34)/t22-/m1/s1. The van der Waals surface area contributed by atoms with Crippen LogP contribution in [-0.4, -0.2) is 44.3 Å². The molecule has 0 aliphatic carbocycles. The first-order valence-corrected chi connectivity index (χ1v) is 13.8. The lowest BCUT2D eigenvalue weighted by Crippen LogP contribution is -2.51. The Bertz CT molecular complexity index is 1340. The molecule has 9 heteroatoms. The minimum atomic E-state index is -4.11. The fourth-order valence-electron chi connectivity index (χ4n) is 3.85. The van der Waals surface area contributed by atoms with Crippen LogP contribution < -0.4 is 9.62 Å². The lowest BCUT2D eigenvalue weighted by atomic mass is 10.1. The van der Waals surface area contributed by atoms with Crippen LogP contribution >= 0.6 is 11.6 Å². The van der Waals surface area contributed by atoms with Crippen molar-refractivity contribution < 1.29 is 18.0 Å². The van der Waals surface area contributed by atoms with E-state index in [4.69, 9.17) is 11.6 Å². The van der Waals surface area contributed by atoms with Gasteiger partial charge in [0.25, 0.3) is 10.0 Å². The number of sulfonamides is 1. The first kappa shape index (κ1) is 28.2. The smallest absolute Gasteiger partial charge is 0.264 e. The Balaban J connectivity index is 2.03. The highest BCUT2D eigenvalue weighted by atomic mass is 35.5. The molecular formula is C28H32ClN3O4S. The molecule has 7 nitrogen and oxygen atoms in total. The van der Waals surface area contributed by atoms with Crippen molar-refractivity contribution in [2.24, 2.45) is 0 Å². The second-order valence-electron chi connectivity index (χ2n) is 8.82. The molecule has 0 heterocycles. The second kappa shape index (κ2) is 12.3. The SMILES string of the molecule is CCNC(=O)[C@@H](C)N(Cc1ccccc1C)C(=O)CN(c1ccc(Cl)cc1)S(=O)(=O)c1ccc(C)cc1. The zero-order valence-electron chi connectivity index (χ0n) is 21.4. The van der Waals surface area contributed by atoms with Gasteiger partial charge in [-0.2, -0.15) is 0 Å². The van der Waals surface area contributed by atoms with Crippen LogP contribution in [0.4, 0.5) is 5.69 Å². The lowest BCUT2D eigenvalue weighted by molar-refractivity contribution is -0.139. The number of aryl methyl sites for hydroxylation is 2. The Labute approximate surface area is 224 Å². The summed E-state index contributed by atoms with van der Waals surface area (Å²) >= 11 is 6.04. The average molecular weight is 542 g/mol. The van der Waals surface area contributed by atoms with Crippen LogP contribution in [0.1, 0.15) is 30.5 Å². The molecule has 1 atom stereocenters. The Morgan fingerprint density at radius 1 is 0.946 bits per heavy atom. The van der Waals surface area contributed by atoms with Crippen molar-refractivity contribution in [1.82, 2.24) is 10.2 Å². The highest BCUT2D eigenvalue weighted by Crippen LogP contribution is 2.26. The average Bonchev–Trinajstić information content (AvgIpc) is 2.87. The molecule has 1 N–H and O–H groups in total. The number of nitrogens with one attached hydrogen (secondary N) is 1. The van der Waals surface area contributed by atoms with Gasteiger partial charge in [-0.05, 0) is 75.2 Å². The summed E-state index contributed by atoms with van der Waals surface area (Å²) in [5.74, 6) is -0.823. The van der Waals surface area contributed by atoms with Gasteiger partial charge in [0.15, 0.2) is 0 Å². The number of rotatable bonds is 10. The number of hydrogen-bond donors (Lipinski definition) is 1. The fraction of sp³-hybridized carbons (Fsp3) is 0.286. The van der Waals surface area contributed by atoms with Crippen LogP contribution in [0.5, 0.6) is 0 Å². The summed E-state index contributed by atoms with van der Waals surface area (Å²) in [6.07, 6.45) is 0. The predicted octanol–water partition coefficient (Wildman–Crippen LogP) is 4.71. The highest BCUT2D eigenvalue weighted by Gasteiger charge is 2.32.